The topological polar surface area (TPSA) is 84.7 Å². The summed E-state index contributed by atoms with van der Waals surface area (Å²) in [6.07, 6.45) is -0.956. The highest BCUT2D eigenvalue weighted by Gasteiger charge is 2.31. The summed E-state index contributed by atoms with van der Waals surface area (Å²) in [6, 6.07) is 9.36. The fraction of sp³-hybridized carbons (Fsp3) is 0.391. The predicted octanol–water partition coefficient (Wildman–Crippen LogP) is 4.67. The number of ether oxygens (including phenoxy) is 1. The number of hydrogen-bond donors (Lipinski definition) is 2. The van der Waals surface area contributed by atoms with Gasteiger partial charge in [-0.1, -0.05) is 33.8 Å². The summed E-state index contributed by atoms with van der Waals surface area (Å²) in [5, 5.41) is 2.89. The van der Waals surface area contributed by atoms with Crippen LogP contribution in [0.2, 0.25) is 0 Å². The van der Waals surface area contributed by atoms with Crippen molar-refractivity contribution in [3.05, 3.63) is 63.6 Å². The van der Waals surface area contributed by atoms with Crippen LogP contribution >= 0.6 is 0 Å². The Morgan fingerprint density at radius 3 is 2.43 bits per heavy atom. The van der Waals surface area contributed by atoms with Crippen molar-refractivity contribution >= 4 is 23.2 Å². The monoisotopic (exact) mass is 415 g/mol. The minimum Gasteiger partial charge on any atom is -0.443 e. The van der Waals surface area contributed by atoms with Crippen LogP contribution in [0, 0.1) is 12.7 Å². The molecule has 0 unspecified atom stereocenters. The molecule has 3 rings (SSSR count). The van der Waals surface area contributed by atoms with Crippen LogP contribution in [-0.2, 0) is 4.74 Å². The van der Waals surface area contributed by atoms with Gasteiger partial charge in [0.2, 0.25) is 5.43 Å². The van der Waals surface area contributed by atoms with Gasteiger partial charge in [-0.3, -0.25) is 9.69 Å². The highest BCUT2D eigenvalue weighted by molar-refractivity contribution is 5.90. The van der Waals surface area contributed by atoms with E-state index in [-0.39, 0.29) is 30.1 Å². The fourth-order valence-electron chi connectivity index (χ4n) is 3.22. The van der Waals surface area contributed by atoms with E-state index in [0.717, 1.165) is 11.1 Å². The normalized spacial score (nSPS) is 15.5. The summed E-state index contributed by atoms with van der Waals surface area (Å²) < 4.78 is 19.8. The highest BCUT2D eigenvalue weighted by Crippen LogP contribution is 2.28. The summed E-state index contributed by atoms with van der Waals surface area (Å²) in [5.74, 6) is -0.355. The zero-order chi connectivity index (χ0) is 22.4. The fourth-order valence-corrected chi connectivity index (χ4v) is 3.22. The summed E-state index contributed by atoms with van der Waals surface area (Å²) in [5.41, 5.74) is 8.14. The van der Waals surface area contributed by atoms with Gasteiger partial charge in [0.05, 0.1) is 23.6 Å². The Labute approximate surface area is 176 Å². The molecule has 1 aliphatic heterocycles. The van der Waals surface area contributed by atoms with E-state index in [1.165, 1.54) is 23.1 Å². The molecule has 0 spiro atoms. The second-order valence-electron chi connectivity index (χ2n) is 7.19. The van der Waals surface area contributed by atoms with Gasteiger partial charge in [0.25, 0.3) is 0 Å². The zero-order valence-corrected chi connectivity index (χ0v) is 18.2. The van der Waals surface area contributed by atoms with Gasteiger partial charge in [-0.15, -0.1) is 0 Å². The lowest BCUT2D eigenvalue weighted by Crippen LogP contribution is -2.27. The van der Waals surface area contributed by atoms with Gasteiger partial charge in [-0.2, -0.15) is 0 Å². The van der Waals surface area contributed by atoms with Gasteiger partial charge in [0.1, 0.15) is 11.9 Å². The minimum absolute atomic E-state index is 0.155. The van der Waals surface area contributed by atoms with Crippen molar-refractivity contribution in [2.24, 2.45) is 5.73 Å². The minimum atomic E-state index is -0.574. The van der Waals surface area contributed by atoms with E-state index in [1.54, 1.807) is 18.2 Å². The second-order valence-corrected chi connectivity index (χ2v) is 7.19. The summed E-state index contributed by atoms with van der Waals surface area (Å²) in [6.45, 7) is 10.5. The SMILES string of the molecule is CC.Cc1ccc(=O)c(Nc2ccc(N3C[C@H](CN)OC3=O)cc2F)cc1C(C)C. The number of nitrogens with two attached hydrogens (primary N) is 1. The van der Waals surface area contributed by atoms with Crippen LogP contribution in [0.25, 0.3) is 0 Å². The van der Waals surface area contributed by atoms with E-state index in [4.69, 9.17) is 10.5 Å². The van der Waals surface area contributed by atoms with Crippen molar-refractivity contribution in [3.8, 4) is 0 Å². The molecule has 30 heavy (non-hydrogen) atoms. The molecule has 1 saturated heterocycles. The van der Waals surface area contributed by atoms with Crippen LogP contribution in [0.4, 0.5) is 26.2 Å². The number of benzene rings is 1. The van der Waals surface area contributed by atoms with Crippen LogP contribution < -0.4 is 21.4 Å². The summed E-state index contributed by atoms with van der Waals surface area (Å²) >= 11 is 0. The maximum absolute atomic E-state index is 14.7. The number of anilines is 3. The van der Waals surface area contributed by atoms with Gasteiger partial charge in [0, 0.05) is 6.54 Å². The van der Waals surface area contributed by atoms with Gasteiger partial charge < -0.3 is 15.8 Å². The van der Waals surface area contributed by atoms with Crippen LogP contribution in [0.5, 0.6) is 0 Å². The maximum Gasteiger partial charge on any atom is 0.414 e. The van der Waals surface area contributed by atoms with Crippen molar-refractivity contribution in [2.75, 3.05) is 23.3 Å². The Bertz CT molecular complexity index is 963. The summed E-state index contributed by atoms with van der Waals surface area (Å²) in [7, 11) is 0. The van der Waals surface area contributed by atoms with Crippen LogP contribution in [-0.4, -0.2) is 25.3 Å². The predicted molar refractivity (Wildman–Crippen MR) is 119 cm³/mol. The number of amides is 1. The molecule has 0 aliphatic carbocycles. The van der Waals surface area contributed by atoms with E-state index in [9.17, 15) is 14.0 Å². The van der Waals surface area contributed by atoms with Crippen molar-refractivity contribution < 1.29 is 13.9 Å². The molecule has 7 heteroatoms. The molecule has 0 aromatic heterocycles. The quantitative estimate of drug-likeness (QED) is 0.741. The lowest BCUT2D eigenvalue weighted by Gasteiger charge is -2.15. The number of aryl methyl sites for hydroxylation is 1. The van der Waals surface area contributed by atoms with E-state index in [1.807, 2.05) is 34.6 Å². The highest BCUT2D eigenvalue weighted by atomic mass is 19.1. The number of nitrogens with one attached hydrogen (secondary N) is 1. The van der Waals surface area contributed by atoms with Crippen LogP contribution in [0.3, 0.4) is 0 Å². The van der Waals surface area contributed by atoms with E-state index in [0.29, 0.717) is 11.4 Å². The molecule has 3 N–H and O–H groups in total. The lowest BCUT2D eigenvalue weighted by molar-refractivity contribution is 0.145. The number of hydrogen-bond acceptors (Lipinski definition) is 5. The number of halogens is 1. The van der Waals surface area contributed by atoms with Crippen molar-refractivity contribution in [1.29, 1.82) is 0 Å². The van der Waals surface area contributed by atoms with Crippen molar-refractivity contribution in [1.82, 2.24) is 0 Å². The Morgan fingerprint density at radius 2 is 1.87 bits per heavy atom. The maximum atomic E-state index is 14.7. The Kier molecular flexibility index (Phi) is 7.94. The van der Waals surface area contributed by atoms with Gasteiger partial charge in [-0.05, 0) is 54.3 Å². The zero-order valence-electron chi connectivity index (χ0n) is 18.2. The molecule has 0 saturated carbocycles. The molecule has 162 valence electrons. The first-order valence-corrected chi connectivity index (χ1v) is 10.2. The molecule has 2 aromatic carbocycles. The molecular formula is C23H30FN3O3. The molecular weight excluding hydrogens is 385 g/mol. The third-order valence-corrected chi connectivity index (χ3v) is 4.80. The van der Waals surface area contributed by atoms with E-state index < -0.39 is 18.0 Å². The molecule has 1 fully saturated rings. The molecule has 1 aliphatic rings. The van der Waals surface area contributed by atoms with Crippen molar-refractivity contribution in [2.45, 2.75) is 46.6 Å². The summed E-state index contributed by atoms with van der Waals surface area (Å²) in [4.78, 5) is 25.6. The van der Waals surface area contributed by atoms with Crippen LogP contribution in [0.15, 0.2) is 41.2 Å². The van der Waals surface area contributed by atoms with Gasteiger partial charge in [0.15, 0.2) is 0 Å². The molecule has 1 amide bonds. The first-order chi connectivity index (χ1) is 14.3. The Balaban J connectivity index is 0.00000155. The van der Waals surface area contributed by atoms with Crippen LogP contribution in [0.1, 0.15) is 44.7 Å². The molecule has 0 bridgehead atoms. The first-order valence-electron chi connectivity index (χ1n) is 10.2. The average molecular weight is 416 g/mol. The standard InChI is InChI=1S/C21H24FN3O3.C2H6/c1-12(2)16-9-19(20(26)7-4-13(16)3)24-18-6-5-14(8-17(18)22)25-11-15(10-23)28-21(25)27;1-2/h4-9,12,15H,10-11,23H2,1-3H3,(H,24,26);1-2H3/t15-;/m0./s1. The first kappa shape index (κ1) is 23.3. The third-order valence-electron chi connectivity index (χ3n) is 4.80. The van der Waals surface area contributed by atoms with Crippen molar-refractivity contribution in [3.63, 3.8) is 0 Å². The molecule has 0 radical (unpaired) electrons. The number of cyclic esters (lactones) is 1. The third kappa shape index (κ3) is 5.16. The van der Waals surface area contributed by atoms with E-state index >= 15 is 0 Å². The largest absolute Gasteiger partial charge is 0.443 e. The average Bonchev–Trinajstić information content (AvgIpc) is 3.05. The smallest absolute Gasteiger partial charge is 0.414 e. The van der Waals surface area contributed by atoms with E-state index in [2.05, 4.69) is 5.32 Å². The molecule has 1 heterocycles. The number of carbonyl (C=O) groups excluding carboxylic acids is 1. The Hall–Kier alpha value is -2.93. The second kappa shape index (κ2) is 10.2. The number of rotatable bonds is 5. The number of nitrogens with zero attached hydrogens (tertiary/aromatic N) is 1. The lowest BCUT2D eigenvalue weighted by atomic mass is 10.0. The van der Waals surface area contributed by atoms with Gasteiger partial charge >= 0.3 is 6.09 Å². The molecule has 1 atom stereocenters. The Morgan fingerprint density at radius 1 is 1.17 bits per heavy atom. The molecule has 2 aromatic rings. The molecule has 6 nitrogen and oxygen atoms in total. The number of carbonyl (C=O) groups is 1. The van der Waals surface area contributed by atoms with Gasteiger partial charge in [-0.25, -0.2) is 9.18 Å².